The quantitative estimate of drug-likeness (QED) is 0.449. The zero-order valence-corrected chi connectivity index (χ0v) is 12.8. The highest BCUT2D eigenvalue weighted by Crippen LogP contribution is 2.33. The first-order valence-corrected chi connectivity index (χ1v) is 7.45. The summed E-state index contributed by atoms with van der Waals surface area (Å²) in [5.41, 5.74) is 2.63. The molecule has 0 atom stereocenters. The van der Waals surface area contributed by atoms with Gasteiger partial charge in [-0.15, -0.1) is 0 Å². The summed E-state index contributed by atoms with van der Waals surface area (Å²) in [5, 5.41) is 5.67. The molecule has 2 radical (unpaired) electrons. The molecule has 0 aliphatic carbocycles. The van der Waals surface area contributed by atoms with Crippen molar-refractivity contribution in [3.05, 3.63) is 79.0 Å². The third-order valence-electron chi connectivity index (χ3n) is 3.86. The first-order valence-electron chi connectivity index (χ1n) is 7.45. The van der Waals surface area contributed by atoms with Gasteiger partial charge in [-0.05, 0) is 22.5 Å². The summed E-state index contributed by atoms with van der Waals surface area (Å²) in [6, 6.07) is 12.3. The van der Waals surface area contributed by atoms with Gasteiger partial charge in [-0.25, -0.2) is 4.98 Å². The van der Waals surface area contributed by atoms with Crippen molar-refractivity contribution >= 4 is 36.1 Å². The Labute approximate surface area is 140 Å². The predicted molar refractivity (Wildman–Crippen MR) is 96.5 cm³/mol. The molecule has 1 N–H and O–H groups in total. The zero-order chi connectivity index (χ0) is 16.5. The summed E-state index contributed by atoms with van der Waals surface area (Å²) in [6.45, 7) is 3.70. The van der Waals surface area contributed by atoms with E-state index < -0.39 is 0 Å². The van der Waals surface area contributed by atoms with Gasteiger partial charge in [0.25, 0.3) is 5.84 Å². The third kappa shape index (κ3) is 2.29. The first-order chi connectivity index (χ1) is 11.8. The number of amidine groups is 2. The highest BCUT2D eigenvalue weighted by Gasteiger charge is 2.26. The van der Waals surface area contributed by atoms with Crippen molar-refractivity contribution in [1.82, 2.24) is 9.97 Å². The van der Waals surface area contributed by atoms with E-state index >= 15 is 0 Å². The normalized spacial score (nSPS) is 15.2. The van der Waals surface area contributed by atoms with Gasteiger partial charge in [-0.1, -0.05) is 30.8 Å². The summed E-state index contributed by atoms with van der Waals surface area (Å²) in [4.78, 5) is 13.1. The Morgan fingerprint density at radius 3 is 2.79 bits per heavy atom. The molecule has 6 heteroatoms. The van der Waals surface area contributed by atoms with Gasteiger partial charge in [0, 0.05) is 17.8 Å². The first kappa shape index (κ1) is 14.3. The van der Waals surface area contributed by atoms with Gasteiger partial charge in [0.15, 0.2) is 5.69 Å². The Kier molecular flexibility index (Phi) is 3.42. The van der Waals surface area contributed by atoms with Crippen molar-refractivity contribution in [3.8, 4) is 0 Å². The van der Waals surface area contributed by atoms with Crippen LogP contribution in [0.25, 0.3) is 10.8 Å². The molecule has 1 aromatic heterocycles. The van der Waals surface area contributed by atoms with E-state index in [1.807, 2.05) is 24.3 Å². The number of benzene rings is 2. The van der Waals surface area contributed by atoms with Crippen molar-refractivity contribution < 1.29 is 4.49 Å². The van der Waals surface area contributed by atoms with Crippen LogP contribution in [0.4, 0.5) is 5.69 Å². The molecule has 2 aromatic carbocycles. The maximum Gasteiger partial charge on any atom is 0.409 e. The van der Waals surface area contributed by atoms with E-state index in [1.165, 1.54) is 10.7 Å². The standard InChI is InChI=1S/C18H13BN5/c1-2-24(19)18(15-11-20-9-10-21-15)23-17-13-7-3-5-12-6-4-8-14(22-17)16(12)13/h2-11H,1H2,(H,22,23)/q+1. The van der Waals surface area contributed by atoms with Gasteiger partial charge in [0.05, 0.1) is 23.6 Å². The molecule has 1 aliphatic rings. The van der Waals surface area contributed by atoms with Crippen LogP contribution in [0.15, 0.2) is 72.8 Å². The van der Waals surface area contributed by atoms with Crippen LogP contribution in [0.5, 0.6) is 0 Å². The molecule has 24 heavy (non-hydrogen) atoms. The number of hydrogen-bond donors (Lipinski definition) is 1. The molecule has 112 valence electrons. The summed E-state index contributed by atoms with van der Waals surface area (Å²) in [6.07, 6.45) is 6.31. The van der Waals surface area contributed by atoms with E-state index in [9.17, 15) is 0 Å². The van der Waals surface area contributed by atoms with Crippen molar-refractivity contribution in [3.63, 3.8) is 0 Å². The lowest BCUT2D eigenvalue weighted by Crippen LogP contribution is -2.19. The van der Waals surface area contributed by atoms with Crippen LogP contribution in [-0.4, -0.2) is 34.1 Å². The largest absolute Gasteiger partial charge is 0.409 e. The van der Waals surface area contributed by atoms with Crippen molar-refractivity contribution in [2.75, 3.05) is 5.32 Å². The topological polar surface area (TPSA) is 53.2 Å². The number of hydrogen-bond acceptors (Lipinski definition) is 2. The van der Waals surface area contributed by atoms with Crippen LogP contribution in [0, 0.1) is 0 Å². The molecule has 0 saturated carbocycles. The monoisotopic (exact) mass is 310 g/mol. The summed E-state index contributed by atoms with van der Waals surface area (Å²) in [7, 11) is 6.01. The smallest absolute Gasteiger partial charge is 0.318 e. The number of nitrogens with one attached hydrogen (secondary N) is 1. The van der Waals surface area contributed by atoms with Crippen molar-refractivity contribution in [1.29, 1.82) is 0 Å². The van der Waals surface area contributed by atoms with E-state index in [1.54, 1.807) is 18.6 Å². The predicted octanol–water partition coefficient (Wildman–Crippen LogP) is 2.49. The molecule has 0 fully saturated rings. The number of rotatable bonds is 2. The summed E-state index contributed by atoms with van der Waals surface area (Å²) < 4.78 is 1.34. The van der Waals surface area contributed by atoms with Gasteiger partial charge in [-0.2, -0.15) is 0 Å². The Balaban J connectivity index is 1.90. The van der Waals surface area contributed by atoms with E-state index in [2.05, 4.69) is 34.0 Å². The van der Waals surface area contributed by atoms with E-state index in [-0.39, 0.29) is 0 Å². The number of aliphatic imine (C=N–C) groups is 1. The lowest BCUT2D eigenvalue weighted by Gasteiger charge is -2.00. The molecule has 5 nitrogen and oxygen atoms in total. The van der Waals surface area contributed by atoms with E-state index in [4.69, 9.17) is 13.0 Å². The van der Waals surface area contributed by atoms with Gasteiger partial charge >= 0.3 is 13.8 Å². The molecule has 0 unspecified atom stereocenters. The zero-order valence-electron chi connectivity index (χ0n) is 12.8. The van der Waals surface area contributed by atoms with Crippen LogP contribution >= 0.6 is 0 Å². The minimum absolute atomic E-state index is 0.463. The second kappa shape index (κ2) is 5.74. The minimum Gasteiger partial charge on any atom is -0.318 e. The second-order valence-corrected chi connectivity index (χ2v) is 5.30. The van der Waals surface area contributed by atoms with E-state index in [0.717, 1.165) is 27.9 Å². The van der Waals surface area contributed by atoms with Crippen LogP contribution in [0.2, 0.25) is 0 Å². The fourth-order valence-electron chi connectivity index (χ4n) is 2.78. The van der Waals surface area contributed by atoms with Gasteiger partial charge in [-0.3, -0.25) is 9.47 Å². The molecule has 2 heterocycles. The molecular weight excluding hydrogens is 297 g/mol. The number of nitrogens with zero attached hydrogens (tertiary/aromatic N) is 4. The van der Waals surface area contributed by atoms with Gasteiger partial charge in [0.1, 0.15) is 0 Å². The molecule has 0 amide bonds. The van der Waals surface area contributed by atoms with Crippen LogP contribution in [-0.2, 0) is 0 Å². The fraction of sp³-hybridized carbons (Fsp3) is 0. The SMILES string of the molecule is [B]/[N+](C=C)=C(\N=C1Nc2cccc3cccc1c23)c1cnccn1. The lowest BCUT2D eigenvalue weighted by molar-refractivity contribution is -0.286. The lowest BCUT2D eigenvalue weighted by atomic mass is 10.1. The Hall–Kier alpha value is -3.28. The fourth-order valence-corrected chi connectivity index (χ4v) is 2.78. The molecule has 1 aliphatic heterocycles. The molecule has 4 rings (SSSR count). The number of anilines is 1. The molecule has 0 spiro atoms. The van der Waals surface area contributed by atoms with E-state index in [0.29, 0.717) is 11.5 Å². The highest BCUT2D eigenvalue weighted by atomic mass is 15.1. The van der Waals surface area contributed by atoms with Crippen molar-refractivity contribution in [2.45, 2.75) is 0 Å². The molecular formula is C18H13BN5+. The summed E-state index contributed by atoms with van der Waals surface area (Å²) in [5.74, 6) is 1.19. The van der Waals surface area contributed by atoms with Crippen LogP contribution in [0.3, 0.4) is 0 Å². The van der Waals surface area contributed by atoms with Gasteiger partial charge in [0.2, 0.25) is 0 Å². The highest BCUT2D eigenvalue weighted by molar-refractivity contribution is 6.28. The van der Waals surface area contributed by atoms with Gasteiger partial charge < -0.3 is 5.32 Å². The second-order valence-electron chi connectivity index (χ2n) is 5.30. The molecule has 0 saturated heterocycles. The molecule has 0 bridgehead atoms. The average Bonchev–Trinajstić information content (AvgIpc) is 3.00. The Bertz CT molecular complexity index is 1000. The van der Waals surface area contributed by atoms with Crippen molar-refractivity contribution in [2.24, 2.45) is 4.99 Å². The van der Waals surface area contributed by atoms with Crippen LogP contribution in [0.1, 0.15) is 11.3 Å². The third-order valence-corrected chi connectivity index (χ3v) is 3.86. The average molecular weight is 310 g/mol. The Morgan fingerprint density at radius 1 is 1.21 bits per heavy atom. The molecule has 3 aromatic rings. The summed E-state index contributed by atoms with van der Waals surface area (Å²) >= 11 is 0. The number of aromatic nitrogens is 2. The Morgan fingerprint density at radius 2 is 2.04 bits per heavy atom. The maximum atomic E-state index is 6.01. The van der Waals surface area contributed by atoms with Crippen LogP contribution < -0.4 is 5.32 Å². The maximum absolute atomic E-state index is 6.01. The minimum atomic E-state index is 0.463.